The Hall–Kier alpha value is -2.04. The molecule has 5 fully saturated rings. The molecule has 2 bridgehead atoms. The number of carboxylic acids is 1. The van der Waals surface area contributed by atoms with E-state index >= 15 is 0 Å². The van der Waals surface area contributed by atoms with Crippen LogP contribution in [0.4, 0.5) is 5.95 Å². The normalized spacial score (nSPS) is 47.4. The lowest BCUT2D eigenvalue weighted by Gasteiger charge is -2.71. The van der Waals surface area contributed by atoms with Crippen molar-refractivity contribution in [2.24, 2.45) is 62.6 Å². The number of hydrogen-bond acceptors (Lipinski definition) is 8. The molecule has 10 heteroatoms. The highest BCUT2D eigenvalue weighted by atomic mass is 16.5. The van der Waals surface area contributed by atoms with Crippen molar-refractivity contribution in [3.05, 3.63) is 11.6 Å². The van der Waals surface area contributed by atoms with Crippen LogP contribution in [0.1, 0.15) is 99.5 Å². The molecule has 0 amide bonds. The number of nitrogens with one attached hydrogen (secondary N) is 1. The van der Waals surface area contributed by atoms with Crippen LogP contribution >= 0.6 is 0 Å². The van der Waals surface area contributed by atoms with Crippen LogP contribution < -0.4 is 11.1 Å². The van der Waals surface area contributed by atoms with Gasteiger partial charge in [0.15, 0.2) is 0 Å². The molecule has 7 rings (SSSR count). The minimum absolute atomic E-state index is 0.113. The zero-order valence-electron chi connectivity index (χ0n) is 29.2. The Balaban J connectivity index is 1.30. The molecule has 0 spiro atoms. The maximum Gasteiger partial charge on any atom is 0.307 e. The van der Waals surface area contributed by atoms with Crippen LogP contribution in [0, 0.1) is 62.6 Å². The molecule has 46 heavy (non-hydrogen) atoms. The van der Waals surface area contributed by atoms with Crippen molar-refractivity contribution in [1.29, 1.82) is 0 Å². The Bertz CT molecular complexity index is 1380. The summed E-state index contributed by atoms with van der Waals surface area (Å²) in [7, 11) is 0. The molecule has 0 radical (unpaired) electrons. The molecule has 6 aliphatic rings. The first-order valence-electron chi connectivity index (χ1n) is 18.1. The smallest absolute Gasteiger partial charge is 0.307 e. The number of ether oxygens (including phenoxy) is 2. The number of nitrogens with zero attached hydrogens (tertiary/aromatic N) is 4. The minimum atomic E-state index is -0.620. The van der Waals surface area contributed by atoms with Crippen LogP contribution in [0.2, 0.25) is 0 Å². The molecule has 4 N–H and O–H groups in total. The Morgan fingerprint density at radius 1 is 1.15 bits per heavy atom. The highest BCUT2D eigenvalue weighted by Crippen LogP contribution is 2.75. The molecule has 12 atom stereocenters. The fraction of sp³-hybridized carbons (Fsp3) is 0.889. The Kier molecular flexibility index (Phi) is 7.77. The second kappa shape index (κ2) is 11.0. The molecule has 2 unspecified atom stereocenters. The highest BCUT2D eigenvalue weighted by molar-refractivity contribution is 5.73. The van der Waals surface area contributed by atoms with Gasteiger partial charge >= 0.3 is 5.97 Å². The lowest BCUT2D eigenvalue weighted by atomic mass is 9.34. The molecule has 1 aromatic rings. The number of rotatable bonds is 7. The number of allylic oxidation sites excluding steroid dienone is 1. The molecule has 10 nitrogen and oxygen atoms in total. The second-order valence-corrected chi connectivity index (χ2v) is 17.7. The van der Waals surface area contributed by atoms with Gasteiger partial charge in [-0.15, -0.1) is 5.10 Å². The van der Waals surface area contributed by atoms with E-state index in [-0.39, 0.29) is 45.2 Å². The molecule has 3 heterocycles. The number of carboxylic acid groups (broad SMARTS) is 1. The molecule has 0 aromatic carbocycles. The van der Waals surface area contributed by atoms with Gasteiger partial charge in [0.2, 0.25) is 0 Å². The number of hydrogen-bond donors (Lipinski definition) is 3. The topological polar surface area (TPSA) is 137 Å². The van der Waals surface area contributed by atoms with E-state index in [0.29, 0.717) is 49.4 Å². The van der Waals surface area contributed by atoms with Crippen molar-refractivity contribution < 1.29 is 19.4 Å². The number of anilines is 1. The summed E-state index contributed by atoms with van der Waals surface area (Å²) >= 11 is 0. The lowest BCUT2D eigenvalue weighted by Crippen LogP contribution is -2.69. The third-order valence-corrected chi connectivity index (χ3v) is 15.5. The third-order valence-electron chi connectivity index (χ3n) is 15.5. The van der Waals surface area contributed by atoms with E-state index in [9.17, 15) is 9.90 Å². The Morgan fingerprint density at radius 3 is 2.59 bits per heavy atom. The van der Waals surface area contributed by atoms with Gasteiger partial charge in [-0.3, -0.25) is 4.79 Å². The number of aliphatic carboxylic acids is 1. The molecular formula is C36H58N6O4. The van der Waals surface area contributed by atoms with E-state index < -0.39 is 11.9 Å². The van der Waals surface area contributed by atoms with Crippen LogP contribution in [-0.4, -0.2) is 70.3 Å². The van der Waals surface area contributed by atoms with E-state index in [4.69, 9.17) is 15.2 Å². The van der Waals surface area contributed by atoms with Crippen molar-refractivity contribution in [2.75, 3.05) is 38.6 Å². The molecule has 3 saturated carbocycles. The summed E-state index contributed by atoms with van der Waals surface area (Å²) in [6.45, 7) is 20.3. The monoisotopic (exact) mass is 638 g/mol. The predicted octanol–water partition coefficient (Wildman–Crippen LogP) is 5.38. The SMILES string of the molecule is CC(C)[C@@H](C)[C@@]1(C)CC[C@]2(C)[C@H]3CC[C@@H]4C5(COC[C@]4(C)[C@@H](OCC4CCNC4)[C@H](n4nnc(N)n4)C5)C3=CC[C@@]2(C)[C@@H]1C(=O)O. The maximum atomic E-state index is 13.4. The average molecular weight is 639 g/mol. The van der Waals surface area contributed by atoms with Gasteiger partial charge < -0.3 is 25.6 Å². The number of carbonyl (C=O) groups is 1. The summed E-state index contributed by atoms with van der Waals surface area (Å²) in [6, 6.07) is -0.113. The number of nitrogens with two attached hydrogens (primary N) is 1. The van der Waals surface area contributed by atoms with Crippen molar-refractivity contribution in [3.8, 4) is 0 Å². The predicted molar refractivity (Wildman–Crippen MR) is 176 cm³/mol. The maximum absolute atomic E-state index is 13.4. The average Bonchev–Trinajstić information content (AvgIpc) is 3.68. The minimum Gasteiger partial charge on any atom is -0.481 e. The number of nitrogen functional groups attached to an aromatic ring is 1. The van der Waals surface area contributed by atoms with Gasteiger partial charge in [0, 0.05) is 17.4 Å². The van der Waals surface area contributed by atoms with Crippen molar-refractivity contribution in [1.82, 2.24) is 25.5 Å². The standard InChI is InChI=1S/C36H58N6O4/c1-21(2)22(3)32(4)13-14-34(6)24-8-9-27-33(5)19-45-20-36(27,25(24)10-12-35(34,7)28(32)30(43)44)16-26(42-40-31(37)39-41-42)29(33)46-18-23-11-15-38-17-23/h10,21-24,26-29,38H,8-9,11-20H2,1-7H3,(H2,37,40)(H,43,44)/t22-,23?,24+,26-,27+,28-,29+,32-,33+,34-,35+,36?/m1/s1. The lowest BCUT2D eigenvalue weighted by molar-refractivity contribution is -0.252. The molecule has 4 aliphatic carbocycles. The fourth-order valence-corrected chi connectivity index (χ4v) is 12.6. The van der Waals surface area contributed by atoms with Crippen molar-refractivity contribution >= 4 is 11.9 Å². The summed E-state index contributed by atoms with van der Waals surface area (Å²) in [5.74, 6) is 1.13. The van der Waals surface area contributed by atoms with Gasteiger partial charge in [0.25, 0.3) is 5.95 Å². The largest absolute Gasteiger partial charge is 0.481 e. The van der Waals surface area contributed by atoms with Gasteiger partial charge in [-0.1, -0.05) is 65.2 Å². The van der Waals surface area contributed by atoms with Crippen LogP contribution in [0.25, 0.3) is 0 Å². The molecule has 2 saturated heterocycles. The first kappa shape index (κ1) is 32.5. The van der Waals surface area contributed by atoms with Crippen molar-refractivity contribution in [2.45, 2.75) is 106 Å². The number of fused-ring (bicyclic) bond motifs is 3. The molecule has 2 aliphatic heterocycles. The van der Waals surface area contributed by atoms with E-state index in [0.717, 1.165) is 58.0 Å². The second-order valence-electron chi connectivity index (χ2n) is 17.7. The molecule has 256 valence electrons. The first-order chi connectivity index (χ1) is 21.7. The summed E-state index contributed by atoms with van der Waals surface area (Å²) in [4.78, 5) is 15.1. The van der Waals surface area contributed by atoms with Crippen LogP contribution in [0.5, 0.6) is 0 Å². The Morgan fingerprint density at radius 2 is 1.93 bits per heavy atom. The van der Waals surface area contributed by atoms with Crippen LogP contribution in [0.15, 0.2) is 11.6 Å². The summed E-state index contributed by atoms with van der Waals surface area (Å²) in [5, 5.41) is 27.6. The van der Waals surface area contributed by atoms with Crippen LogP contribution in [0.3, 0.4) is 0 Å². The van der Waals surface area contributed by atoms with Gasteiger partial charge in [0.1, 0.15) is 6.04 Å². The summed E-state index contributed by atoms with van der Waals surface area (Å²) < 4.78 is 13.6. The highest BCUT2D eigenvalue weighted by Gasteiger charge is 2.72. The van der Waals surface area contributed by atoms with E-state index in [1.165, 1.54) is 5.57 Å². The Labute approximate surface area is 275 Å². The summed E-state index contributed by atoms with van der Waals surface area (Å²) in [6.07, 6.45) is 9.28. The zero-order valence-corrected chi connectivity index (χ0v) is 29.2. The van der Waals surface area contributed by atoms with Crippen molar-refractivity contribution in [3.63, 3.8) is 0 Å². The molecule has 1 aromatic heterocycles. The van der Waals surface area contributed by atoms with E-state index in [2.05, 4.69) is 75.3 Å². The fourth-order valence-electron chi connectivity index (χ4n) is 12.6. The number of tetrazole rings is 1. The third kappa shape index (κ3) is 4.37. The molecular weight excluding hydrogens is 580 g/mol. The van der Waals surface area contributed by atoms with E-state index in [1.807, 2.05) is 0 Å². The summed E-state index contributed by atoms with van der Waals surface area (Å²) in [5.41, 5.74) is 6.42. The van der Waals surface area contributed by atoms with Gasteiger partial charge in [-0.2, -0.15) is 4.80 Å². The van der Waals surface area contributed by atoms with Crippen LogP contribution in [-0.2, 0) is 14.3 Å². The zero-order chi connectivity index (χ0) is 32.9. The number of aromatic nitrogens is 4. The van der Waals surface area contributed by atoms with Gasteiger partial charge in [0.05, 0.1) is 31.8 Å². The first-order valence-corrected chi connectivity index (χ1v) is 18.1. The van der Waals surface area contributed by atoms with Gasteiger partial charge in [-0.05, 0) is 103 Å². The van der Waals surface area contributed by atoms with E-state index in [1.54, 1.807) is 4.80 Å². The quantitative estimate of drug-likeness (QED) is 0.336. The van der Waals surface area contributed by atoms with Gasteiger partial charge in [-0.25, -0.2) is 0 Å².